The molecule has 10 bridgehead atoms. The molecular weight excluding hydrogens is 693 g/mol. The first-order valence-electron chi connectivity index (χ1n) is 20.5. The molecule has 7 rings (SSSR count). The number of fused-ring (bicyclic) bond motifs is 6. The van der Waals surface area contributed by atoms with Crippen LogP contribution in [0.1, 0.15) is 163 Å². The molecule has 4 aromatic carbocycles. The topological polar surface area (TPSA) is 79.2 Å². The monoisotopic (exact) mass is 761 g/mol. The lowest BCUT2D eigenvalue weighted by atomic mass is 9.79. The minimum Gasteiger partial charge on any atom is -0.507 e. The Balaban J connectivity index is 0.00000295. The van der Waals surface area contributed by atoms with Gasteiger partial charge in [0.05, 0.1) is 13.2 Å². The molecule has 56 heavy (non-hydrogen) atoms. The van der Waals surface area contributed by atoms with Crippen molar-refractivity contribution in [1.29, 1.82) is 0 Å². The fraction of sp³-hybridized carbons (Fsp3) is 0.490. The average Bonchev–Trinajstić information content (AvgIpc) is 3.09. The van der Waals surface area contributed by atoms with Gasteiger partial charge < -0.3 is 24.8 Å². The van der Waals surface area contributed by atoms with Crippen LogP contribution in [0.3, 0.4) is 0 Å². The number of hydrogen-bond acceptors (Lipinski definition) is 5. The Hall–Kier alpha value is -4.22. The number of rotatable bonds is 0. The van der Waals surface area contributed by atoms with E-state index in [9.17, 15) is 10.2 Å². The van der Waals surface area contributed by atoms with Crippen LogP contribution < -0.4 is 9.47 Å². The van der Waals surface area contributed by atoms with Gasteiger partial charge in [-0.1, -0.05) is 144 Å². The summed E-state index contributed by atoms with van der Waals surface area (Å²) < 4.78 is 13.7. The molecule has 0 spiro atoms. The lowest BCUT2D eigenvalue weighted by Gasteiger charge is -2.28. The van der Waals surface area contributed by atoms with Crippen LogP contribution in [0.2, 0.25) is 0 Å². The van der Waals surface area contributed by atoms with Gasteiger partial charge in [-0.3, -0.25) is 0 Å². The van der Waals surface area contributed by atoms with Crippen molar-refractivity contribution in [1.82, 2.24) is 0 Å². The molecule has 0 atom stereocenters. The standard InChI is InChI=1S/C50H64O4.CH4O/c1-47(2,3)39-23-31-19-35-27-41(49(7,8)9)29-37-21-33-25-40(48(4,5)6)26-34(44(33)52)22-38-30-42(50(10,11)12)28-36(20-32(24-39)43(31)51)46(38)54-18-16-14-13-15-17-53-45(35)37;1-2/h13-14,23-30,51-52H,15-22H2,1-12H3;2H,1H3/b14-13+;. The van der Waals surface area contributed by atoms with Crippen LogP contribution in [-0.4, -0.2) is 35.6 Å². The number of phenols is 2. The lowest BCUT2D eigenvalue weighted by molar-refractivity contribution is 0.315. The smallest absolute Gasteiger partial charge is 0.126 e. The van der Waals surface area contributed by atoms with Crippen LogP contribution in [0.15, 0.2) is 60.7 Å². The van der Waals surface area contributed by atoms with Gasteiger partial charge in [0.1, 0.15) is 23.0 Å². The first-order valence-corrected chi connectivity index (χ1v) is 20.5. The predicted molar refractivity (Wildman–Crippen MR) is 233 cm³/mol. The number of benzene rings is 4. The molecule has 0 radical (unpaired) electrons. The fourth-order valence-electron chi connectivity index (χ4n) is 7.71. The Bertz CT molecular complexity index is 1830. The molecule has 302 valence electrons. The van der Waals surface area contributed by atoms with Crippen molar-refractivity contribution in [2.45, 2.75) is 143 Å². The number of ether oxygens (including phenoxy) is 2. The Morgan fingerprint density at radius 1 is 0.375 bits per heavy atom. The molecule has 3 N–H and O–H groups in total. The van der Waals surface area contributed by atoms with E-state index in [1.807, 2.05) is 0 Å². The molecule has 5 nitrogen and oxygen atoms in total. The second kappa shape index (κ2) is 16.3. The maximum absolute atomic E-state index is 12.3. The van der Waals surface area contributed by atoms with Crippen LogP contribution in [0.4, 0.5) is 0 Å². The number of aliphatic hydroxyl groups is 1. The van der Waals surface area contributed by atoms with Gasteiger partial charge in [-0.25, -0.2) is 0 Å². The largest absolute Gasteiger partial charge is 0.507 e. The highest BCUT2D eigenvalue weighted by molar-refractivity contribution is 5.59. The number of hydrogen-bond donors (Lipinski definition) is 3. The van der Waals surface area contributed by atoms with Gasteiger partial charge in [0.25, 0.3) is 0 Å². The van der Waals surface area contributed by atoms with E-state index in [2.05, 4.69) is 144 Å². The van der Waals surface area contributed by atoms with E-state index in [1.54, 1.807) is 0 Å². The molecule has 0 aromatic heterocycles. The molecule has 0 unspecified atom stereocenters. The average molecular weight is 761 g/mol. The third-order valence-electron chi connectivity index (χ3n) is 11.2. The molecular formula is C51H68O5. The maximum Gasteiger partial charge on any atom is 0.126 e. The molecule has 2 heterocycles. The first-order chi connectivity index (χ1) is 26.1. The molecule has 0 fully saturated rings. The zero-order valence-corrected chi connectivity index (χ0v) is 36.6. The van der Waals surface area contributed by atoms with E-state index < -0.39 is 0 Å². The molecule has 3 aliphatic rings. The molecule has 2 aliphatic heterocycles. The summed E-state index contributed by atoms with van der Waals surface area (Å²) in [5, 5.41) is 31.7. The van der Waals surface area contributed by atoms with Crippen LogP contribution in [0.25, 0.3) is 0 Å². The van der Waals surface area contributed by atoms with Crippen LogP contribution >= 0.6 is 0 Å². The van der Waals surface area contributed by atoms with E-state index in [0.29, 0.717) is 50.4 Å². The number of phenolic OH excluding ortho intramolecular Hbond substituents is 2. The van der Waals surface area contributed by atoms with Gasteiger partial charge in [0.2, 0.25) is 0 Å². The zero-order valence-electron chi connectivity index (χ0n) is 36.6. The molecule has 0 saturated carbocycles. The van der Waals surface area contributed by atoms with Crippen LogP contribution in [-0.2, 0) is 47.3 Å². The summed E-state index contributed by atoms with van der Waals surface area (Å²) in [5.74, 6) is 2.37. The van der Waals surface area contributed by atoms with Crippen LogP contribution in [0, 0.1) is 0 Å². The van der Waals surface area contributed by atoms with E-state index in [-0.39, 0.29) is 21.7 Å². The van der Waals surface area contributed by atoms with Crippen molar-refractivity contribution in [3.8, 4) is 23.0 Å². The molecule has 5 heteroatoms. The van der Waals surface area contributed by atoms with Gasteiger partial charge in [0, 0.05) is 32.8 Å². The Morgan fingerprint density at radius 3 is 0.804 bits per heavy atom. The molecule has 0 saturated heterocycles. The van der Waals surface area contributed by atoms with Gasteiger partial charge in [-0.2, -0.15) is 0 Å². The van der Waals surface area contributed by atoms with Crippen molar-refractivity contribution < 1.29 is 24.8 Å². The highest BCUT2D eigenvalue weighted by Gasteiger charge is 2.28. The normalized spacial score (nSPS) is 15.7. The first kappa shape index (κ1) is 42.9. The zero-order chi connectivity index (χ0) is 41.4. The SMILES string of the molecule is CC(C)(C)c1cc2c(O)c(c1)Cc1cc(C(C)(C)C)cc3c1OCC/C=C/CCOc1c(cc(C(C)(C)C)cc1Cc1cc(C(C)(C)C)cc(c1O)C3)C2.CO. The van der Waals surface area contributed by atoms with Crippen LogP contribution in [0.5, 0.6) is 23.0 Å². The maximum atomic E-state index is 12.3. The Morgan fingerprint density at radius 2 is 0.589 bits per heavy atom. The highest BCUT2D eigenvalue weighted by atomic mass is 16.5. The predicted octanol–water partition coefficient (Wildman–Crippen LogP) is 11.7. The van der Waals surface area contributed by atoms with Crippen molar-refractivity contribution in [2.24, 2.45) is 0 Å². The third kappa shape index (κ3) is 9.65. The van der Waals surface area contributed by atoms with Crippen molar-refractivity contribution in [3.05, 3.63) is 127 Å². The Kier molecular flexibility index (Phi) is 12.5. The van der Waals surface area contributed by atoms with Gasteiger partial charge in [0.15, 0.2) is 0 Å². The number of aliphatic hydroxyl groups excluding tert-OH is 1. The summed E-state index contributed by atoms with van der Waals surface area (Å²) >= 11 is 0. The van der Waals surface area contributed by atoms with Gasteiger partial charge in [-0.15, -0.1) is 0 Å². The van der Waals surface area contributed by atoms with E-state index in [4.69, 9.17) is 14.6 Å². The van der Waals surface area contributed by atoms with Crippen molar-refractivity contribution in [2.75, 3.05) is 20.3 Å². The van der Waals surface area contributed by atoms with Gasteiger partial charge in [-0.05, 0) is 101 Å². The Labute approximate surface area is 337 Å². The molecule has 0 amide bonds. The summed E-state index contributed by atoms with van der Waals surface area (Å²) in [4.78, 5) is 0. The second-order valence-electron chi connectivity index (χ2n) is 20.0. The van der Waals surface area contributed by atoms with E-state index in [1.165, 1.54) is 22.3 Å². The number of aromatic hydroxyl groups is 2. The summed E-state index contributed by atoms with van der Waals surface area (Å²) in [5.41, 5.74) is 12.0. The molecule has 4 aromatic rings. The van der Waals surface area contributed by atoms with E-state index >= 15 is 0 Å². The van der Waals surface area contributed by atoms with Crippen molar-refractivity contribution in [3.63, 3.8) is 0 Å². The fourth-order valence-corrected chi connectivity index (χ4v) is 7.71. The van der Waals surface area contributed by atoms with E-state index in [0.717, 1.165) is 76.0 Å². The summed E-state index contributed by atoms with van der Waals surface area (Å²) in [6, 6.07) is 18.0. The summed E-state index contributed by atoms with van der Waals surface area (Å²) in [6.45, 7) is 28.0. The summed E-state index contributed by atoms with van der Waals surface area (Å²) in [7, 11) is 1.00. The lowest BCUT2D eigenvalue weighted by Crippen LogP contribution is -2.16. The quantitative estimate of drug-likeness (QED) is 0.137. The minimum absolute atomic E-state index is 0.133. The third-order valence-corrected chi connectivity index (χ3v) is 11.2. The second-order valence-corrected chi connectivity index (χ2v) is 20.0. The van der Waals surface area contributed by atoms with Crippen molar-refractivity contribution >= 4 is 0 Å². The minimum atomic E-state index is -0.136. The molecule has 1 aliphatic carbocycles. The van der Waals surface area contributed by atoms with Gasteiger partial charge >= 0.3 is 0 Å². The summed E-state index contributed by atoms with van der Waals surface area (Å²) in [6.07, 6.45) is 7.98. The highest BCUT2D eigenvalue weighted by Crippen LogP contribution is 2.44.